The van der Waals surface area contributed by atoms with Gasteiger partial charge in [0.2, 0.25) is 0 Å². The van der Waals surface area contributed by atoms with E-state index in [1.54, 1.807) is 0 Å². The largest absolute Gasteiger partial charge is 0.459 e. The van der Waals surface area contributed by atoms with Crippen LogP contribution in [0.2, 0.25) is 5.02 Å². The topological polar surface area (TPSA) is 25.2 Å². The standard InChI is InChI=1S/C17H16ClNO/c1-11-7-8-13(14(18)9-11)17(19-2)16-10-12-5-3-4-6-15(12)20-16/h3-10,17,19H,1-2H3. The van der Waals surface area contributed by atoms with E-state index in [0.29, 0.717) is 0 Å². The molecule has 0 bridgehead atoms. The van der Waals surface area contributed by atoms with Gasteiger partial charge in [0, 0.05) is 10.4 Å². The lowest BCUT2D eigenvalue weighted by atomic mass is 10.0. The summed E-state index contributed by atoms with van der Waals surface area (Å²) in [7, 11) is 1.91. The number of rotatable bonds is 3. The van der Waals surface area contributed by atoms with Gasteiger partial charge < -0.3 is 9.73 Å². The Bertz CT molecular complexity index is 715. The maximum Gasteiger partial charge on any atom is 0.134 e. The first-order chi connectivity index (χ1) is 9.69. The van der Waals surface area contributed by atoms with Crippen molar-refractivity contribution in [1.82, 2.24) is 5.32 Å². The van der Waals surface area contributed by atoms with Crippen molar-refractivity contribution in [3.05, 3.63) is 70.4 Å². The summed E-state index contributed by atoms with van der Waals surface area (Å²) in [6.45, 7) is 2.03. The van der Waals surface area contributed by atoms with E-state index in [4.69, 9.17) is 16.0 Å². The van der Waals surface area contributed by atoms with Crippen LogP contribution in [0.25, 0.3) is 11.0 Å². The monoisotopic (exact) mass is 285 g/mol. The van der Waals surface area contributed by atoms with Gasteiger partial charge in [-0.15, -0.1) is 0 Å². The van der Waals surface area contributed by atoms with Crippen LogP contribution in [0, 0.1) is 6.92 Å². The zero-order chi connectivity index (χ0) is 14.1. The average Bonchev–Trinajstić information content (AvgIpc) is 2.85. The number of hydrogen-bond donors (Lipinski definition) is 1. The molecule has 0 fully saturated rings. The molecule has 0 spiro atoms. The fourth-order valence-electron chi connectivity index (χ4n) is 2.46. The van der Waals surface area contributed by atoms with Gasteiger partial charge in [-0.05, 0) is 43.3 Å². The number of hydrogen-bond acceptors (Lipinski definition) is 2. The van der Waals surface area contributed by atoms with Gasteiger partial charge in [-0.25, -0.2) is 0 Å². The fourth-order valence-corrected chi connectivity index (χ4v) is 2.81. The summed E-state index contributed by atoms with van der Waals surface area (Å²) < 4.78 is 5.94. The van der Waals surface area contributed by atoms with Crippen molar-refractivity contribution in [2.24, 2.45) is 0 Å². The lowest BCUT2D eigenvalue weighted by Gasteiger charge is -2.16. The van der Waals surface area contributed by atoms with E-state index in [-0.39, 0.29) is 6.04 Å². The third-order valence-corrected chi connectivity index (χ3v) is 3.81. The summed E-state index contributed by atoms with van der Waals surface area (Å²) >= 11 is 6.37. The molecule has 3 heteroatoms. The minimum absolute atomic E-state index is 0.0458. The second-order valence-electron chi connectivity index (χ2n) is 4.93. The molecule has 0 radical (unpaired) electrons. The van der Waals surface area contributed by atoms with Crippen LogP contribution in [-0.4, -0.2) is 7.05 Å². The number of fused-ring (bicyclic) bond motifs is 1. The lowest BCUT2D eigenvalue weighted by molar-refractivity contribution is 0.491. The van der Waals surface area contributed by atoms with E-state index in [1.807, 2.05) is 50.4 Å². The maximum absolute atomic E-state index is 6.37. The average molecular weight is 286 g/mol. The Hall–Kier alpha value is -1.77. The van der Waals surface area contributed by atoms with Crippen molar-refractivity contribution in [3.8, 4) is 0 Å². The highest BCUT2D eigenvalue weighted by molar-refractivity contribution is 6.31. The molecule has 0 saturated carbocycles. The smallest absolute Gasteiger partial charge is 0.134 e. The number of benzene rings is 2. The van der Waals surface area contributed by atoms with Crippen LogP contribution in [-0.2, 0) is 0 Å². The van der Waals surface area contributed by atoms with Gasteiger partial charge in [0.05, 0.1) is 6.04 Å². The molecule has 2 nitrogen and oxygen atoms in total. The molecule has 1 aromatic heterocycles. The van der Waals surface area contributed by atoms with Crippen molar-refractivity contribution in [3.63, 3.8) is 0 Å². The molecule has 102 valence electrons. The van der Waals surface area contributed by atoms with Crippen molar-refractivity contribution >= 4 is 22.6 Å². The summed E-state index contributed by atoms with van der Waals surface area (Å²) in [5.74, 6) is 0.874. The van der Waals surface area contributed by atoms with Gasteiger partial charge in [0.15, 0.2) is 0 Å². The molecule has 2 aromatic carbocycles. The molecule has 3 aromatic rings. The van der Waals surface area contributed by atoms with Gasteiger partial charge in [-0.1, -0.05) is 41.9 Å². The van der Waals surface area contributed by atoms with Crippen LogP contribution in [0.4, 0.5) is 0 Å². The van der Waals surface area contributed by atoms with Crippen molar-refractivity contribution in [1.29, 1.82) is 0 Å². The van der Waals surface area contributed by atoms with Gasteiger partial charge in [0.25, 0.3) is 0 Å². The van der Waals surface area contributed by atoms with Crippen LogP contribution in [0.3, 0.4) is 0 Å². The minimum Gasteiger partial charge on any atom is -0.459 e. The van der Waals surface area contributed by atoms with E-state index in [0.717, 1.165) is 32.9 Å². The molecule has 20 heavy (non-hydrogen) atoms. The number of para-hydroxylation sites is 1. The minimum atomic E-state index is -0.0458. The lowest BCUT2D eigenvalue weighted by Crippen LogP contribution is -2.17. The molecule has 0 aliphatic rings. The maximum atomic E-state index is 6.37. The Morgan fingerprint density at radius 3 is 2.60 bits per heavy atom. The molecular formula is C17H16ClNO. The summed E-state index contributed by atoms with van der Waals surface area (Å²) in [5.41, 5.74) is 3.07. The summed E-state index contributed by atoms with van der Waals surface area (Å²) in [6, 6.07) is 16.1. The van der Waals surface area contributed by atoms with E-state index < -0.39 is 0 Å². The molecular weight excluding hydrogens is 270 g/mol. The first kappa shape index (κ1) is 13.2. The number of nitrogens with one attached hydrogen (secondary N) is 1. The van der Waals surface area contributed by atoms with Crippen molar-refractivity contribution in [2.75, 3.05) is 7.05 Å². The second kappa shape index (κ2) is 5.31. The first-order valence-electron chi connectivity index (χ1n) is 6.61. The predicted molar refractivity (Wildman–Crippen MR) is 83.3 cm³/mol. The van der Waals surface area contributed by atoms with Crippen LogP contribution in [0.15, 0.2) is 52.9 Å². The molecule has 1 N–H and O–H groups in total. The van der Waals surface area contributed by atoms with Crippen LogP contribution in [0.5, 0.6) is 0 Å². The van der Waals surface area contributed by atoms with Gasteiger partial charge in [-0.3, -0.25) is 0 Å². The fraction of sp³-hybridized carbons (Fsp3) is 0.176. The number of halogens is 1. The van der Waals surface area contributed by atoms with E-state index >= 15 is 0 Å². The predicted octanol–water partition coefficient (Wildman–Crippen LogP) is 4.70. The van der Waals surface area contributed by atoms with Crippen LogP contribution < -0.4 is 5.32 Å². The number of furan rings is 1. The second-order valence-corrected chi connectivity index (χ2v) is 5.34. The molecule has 1 heterocycles. The van der Waals surface area contributed by atoms with E-state index in [1.165, 1.54) is 0 Å². The number of aryl methyl sites for hydroxylation is 1. The SMILES string of the molecule is CNC(c1cc2ccccc2o1)c1ccc(C)cc1Cl. The molecule has 0 aliphatic carbocycles. The summed E-state index contributed by atoms with van der Waals surface area (Å²) in [5, 5.41) is 5.13. The Morgan fingerprint density at radius 1 is 1.10 bits per heavy atom. The molecule has 0 aliphatic heterocycles. The molecule has 1 atom stereocenters. The molecule has 0 amide bonds. The third kappa shape index (κ3) is 2.33. The highest BCUT2D eigenvalue weighted by Crippen LogP contribution is 2.32. The Morgan fingerprint density at radius 2 is 1.90 bits per heavy atom. The Kier molecular flexibility index (Phi) is 3.51. The zero-order valence-corrected chi connectivity index (χ0v) is 12.2. The Balaban J connectivity index is 2.08. The Labute approximate surface area is 123 Å². The highest BCUT2D eigenvalue weighted by atomic mass is 35.5. The third-order valence-electron chi connectivity index (χ3n) is 3.48. The van der Waals surface area contributed by atoms with Crippen LogP contribution in [0.1, 0.15) is 22.9 Å². The summed E-state index contributed by atoms with van der Waals surface area (Å²) in [4.78, 5) is 0. The molecule has 1 unspecified atom stereocenters. The first-order valence-corrected chi connectivity index (χ1v) is 6.98. The summed E-state index contributed by atoms with van der Waals surface area (Å²) in [6.07, 6.45) is 0. The van der Waals surface area contributed by atoms with Crippen LogP contribution >= 0.6 is 11.6 Å². The van der Waals surface area contributed by atoms with Crippen molar-refractivity contribution in [2.45, 2.75) is 13.0 Å². The van der Waals surface area contributed by atoms with E-state index in [9.17, 15) is 0 Å². The molecule has 3 rings (SSSR count). The quantitative estimate of drug-likeness (QED) is 0.754. The van der Waals surface area contributed by atoms with E-state index in [2.05, 4.69) is 17.4 Å². The highest BCUT2D eigenvalue weighted by Gasteiger charge is 2.19. The normalized spacial score (nSPS) is 12.8. The van der Waals surface area contributed by atoms with Gasteiger partial charge in [0.1, 0.15) is 11.3 Å². The van der Waals surface area contributed by atoms with Gasteiger partial charge in [-0.2, -0.15) is 0 Å². The van der Waals surface area contributed by atoms with Crippen molar-refractivity contribution < 1.29 is 4.42 Å². The molecule has 0 saturated heterocycles. The zero-order valence-electron chi connectivity index (χ0n) is 11.5. The van der Waals surface area contributed by atoms with Gasteiger partial charge >= 0.3 is 0 Å².